The summed E-state index contributed by atoms with van der Waals surface area (Å²) in [7, 11) is 0. The molecule has 0 spiro atoms. The lowest BCUT2D eigenvalue weighted by atomic mass is 9.82. The number of hydrogen-bond donors (Lipinski definition) is 3. The van der Waals surface area contributed by atoms with Crippen molar-refractivity contribution in [3.8, 4) is 0 Å². The zero-order valence-electron chi connectivity index (χ0n) is 7.64. The van der Waals surface area contributed by atoms with E-state index in [1.807, 2.05) is 0 Å². The second-order valence-corrected chi connectivity index (χ2v) is 4.26. The molecule has 12 heavy (non-hydrogen) atoms. The minimum Gasteiger partial charge on any atom is -0.386 e. The summed E-state index contributed by atoms with van der Waals surface area (Å²) >= 11 is 0. The van der Waals surface area contributed by atoms with Crippen molar-refractivity contribution in [1.29, 1.82) is 0 Å². The first-order chi connectivity index (χ1) is 5.71. The van der Waals surface area contributed by atoms with Gasteiger partial charge in [-0.2, -0.15) is 0 Å². The van der Waals surface area contributed by atoms with Gasteiger partial charge in [-0.25, -0.2) is 0 Å². The van der Waals surface area contributed by atoms with Crippen LogP contribution < -0.4 is 10.6 Å². The van der Waals surface area contributed by atoms with Crippen molar-refractivity contribution in [2.24, 2.45) is 0 Å². The quantitative estimate of drug-likeness (QED) is 0.513. The number of rotatable bonds is 1. The Balaban J connectivity index is 1.94. The number of β-amino-alcohol motifs (C(OH)–C–C–N with tert-alkyl or cyclic N) is 1. The van der Waals surface area contributed by atoms with Gasteiger partial charge in [0, 0.05) is 25.2 Å². The molecule has 0 unspecified atom stereocenters. The second kappa shape index (κ2) is 2.98. The van der Waals surface area contributed by atoms with Crippen LogP contribution in [0.1, 0.15) is 26.2 Å². The predicted molar refractivity (Wildman–Crippen MR) is 48.1 cm³/mol. The van der Waals surface area contributed by atoms with Gasteiger partial charge < -0.3 is 15.7 Å². The summed E-state index contributed by atoms with van der Waals surface area (Å²) in [6.07, 6.45) is 3.63. The van der Waals surface area contributed by atoms with E-state index < -0.39 is 5.60 Å². The van der Waals surface area contributed by atoms with Crippen LogP contribution in [0.5, 0.6) is 0 Å². The fourth-order valence-corrected chi connectivity index (χ4v) is 2.19. The Labute approximate surface area is 73.5 Å². The van der Waals surface area contributed by atoms with E-state index in [1.165, 1.54) is 12.8 Å². The zero-order valence-corrected chi connectivity index (χ0v) is 7.64. The molecule has 2 atom stereocenters. The highest BCUT2D eigenvalue weighted by Gasteiger charge is 2.43. The first-order valence-corrected chi connectivity index (χ1v) is 4.90. The molecule has 2 heterocycles. The second-order valence-electron chi connectivity index (χ2n) is 4.26. The predicted octanol–water partition coefficient (Wildman–Crippen LogP) is -0.149. The molecule has 70 valence electrons. The van der Waals surface area contributed by atoms with Crippen molar-refractivity contribution in [2.75, 3.05) is 13.1 Å². The third-order valence-corrected chi connectivity index (χ3v) is 3.13. The van der Waals surface area contributed by atoms with Crippen LogP contribution in [0, 0.1) is 0 Å². The minimum absolute atomic E-state index is 0.322. The fraction of sp³-hybridized carbons (Fsp3) is 1.00. The number of aliphatic hydroxyl groups is 1. The molecule has 0 aliphatic carbocycles. The van der Waals surface area contributed by atoms with Gasteiger partial charge >= 0.3 is 0 Å². The van der Waals surface area contributed by atoms with Gasteiger partial charge in [-0.3, -0.25) is 0 Å². The molecule has 0 aromatic rings. The highest BCUT2D eigenvalue weighted by atomic mass is 16.3. The van der Waals surface area contributed by atoms with Gasteiger partial charge in [-0.15, -0.1) is 0 Å². The normalized spacial score (nSPS) is 40.5. The van der Waals surface area contributed by atoms with Gasteiger partial charge in [0.25, 0.3) is 0 Å². The molecule has 2 aliphatic rings. The monoisotopic (exact) mass is 170 g/mol. The summed E-state index contributed by atoms with van der Waals surface area (Å²) < 4.78 is 0. The first kappa shape index (κ1) is 8.48. The molecule has 3 nitrogen and oxygen atoms in total. The highest BCUT2D eigenvalue weighted by Crippen LogP contribution is 2.24. The zero-order chi connectivity index (χ0) is 8.60. The molecule has 2 rings (SSSR count). The summed E-state index contributed by atoms with van der Waals surface area (Å²) in [6.45, 7) is 3.72. The average Bonchev–Trinajstić information content (AvgIpc) is 2.00. The first-order valence-electron chi connectivity index (χ1n) is 4.90. The number of piperidine rings is 1. The van der Waals surface area contributed by atoms with Crippen LogP contribution >= 0.6 is 0 Å². The topological polar surface area (TPSA) is 44.3 Å². The van der Waals surface area contributed by atoms with Crippen molar-refractivity contribution >= 4 is 0 Å². The Morgan fingerprint density at radius 2 is 2.08 bits per heavy atom. The molecule has 2 fully saturated rings. The van der Waals surface area contributed by atoms with Crippen LogP contribution in [0.3, 0.4) is 0 Å². The standard InChI is InChI=1S/C9H18N2O/c1-7-3-2-4-8(11-7)9(12)5-10-6-9/h7-8,10-12H,2-6H2,1H3/t7-,8+/m0/s1. The van der Waals surface area contributed by atoms with Gasteiger partial charge in [0.2, 0.25) is 0 Å². The molecule has 0 radical (unpaired) electrons. The van der Waals surface area contributed by atoms with Gasteiger partial charge in [-0.05, 0) is 19.8 Å². The molecule has 0 aromatic carbocycles. The Kier molecular flexibility index (Phi) is 2.10. The van der Waals surface area contributed by atoms with Crippen LogP contribution in [0.25, 0.3) is 0 Å². The van der Waals surface area contributed by atoms with Crippen LogP contribution in [-0.4, -0.2) is 35.9 Å². The fourth-order valence-electron chi connectivity index (χ4n) is 2.19. The van der Waals surface area contributed by atoms with Crippen molar-refractivity contribution in [1.82, 2.24) is 10.6 Å². The summed E-state index contributed by atoms with van der Waals surface area (Å²) in [5.74, 6) is 0. The van der Waals surface area contributed by atoms with E-state index in [0.717, 1.165) is 19.5 Å². The summed E-state index contributed by atoms with van der Waals surface area (Å²) in [6, 6.07) is 0.899. The summed E-state index contributed by atoms with van der Waals surface area (Å²) in [5, 5.41) is 16.6. The molecule has 2 aliphatic heterocycles. The van der Waals surface area contributed by atoms with Crippen LogP contribution in [0.4, 0.5) is 0 Å². The van der Waals surface area contributed by atoms with Gasteiger partial charge in [0.1, 0.15) is 5.60 Å². The minimum atomic E-state index is -0.450. The number of nitrogens with one attached hydrogen (secondary N) is 2. The molecule has 0 aromatic heterocycles. The van der Waals surface area contributed by atoms with E-state index in [2.05, 4.69) is 17.6 Å². The molecule has 3 heteroatoms. The Hall–Kier alpha value is -0.120. The van der Waals surface area contributed by atoms with E-state index in [4.69, 9.17) is 0 Å². The van der Waals surface area contributed by atoms with Crippen molar-refractivity contribution in [3.63, 3.8) is 0 Å². The molecule has 0 saturated carbocycles. The SMILES string of the molecule is C[C@H]1CCC[C@H](C2(O)CNC2)N1. The molecular weight excluding hydrogens is 152 g/mol. The van der Waals surface area contributed by atoms with Gasteiger partial charge in [0.05, 0.1) is 0 Å². The smallest absolute Gasteiger partial charge is 0.105 e. The van der Waals surface area contributed by atoms with Gasteiger partial charge in [0.15, 0.2) is 0 Å². The maximum absolute atomic E-state index is 10.0. The van der Waals surface area contributed by atoms with Crippen LogP contribution in [0.15, 0.2) is 0 Å². The molecule has 2 saturated heterocycles. The van der Waals surface area contributed by atoms with E-state index >= 15 is 0 Å². The maximum atomic E-state index is 10.0. The van der Waals surface area contributed by atoms with Crippen LogP contribution in [-0.2, 0) is 0 Å². The van der Waals surface area contributed by atoms with Gasteiger partial charge in [-0.1, -0.05) is 6.42 Å². The lowest BCUT2D eigenvalue weighted by Gasteiger charge is -2.47. The Morgan fingerprint density at radius 1 is 1.33 bits per heavy atom. The molecule has 3 N–H and O–H groups in total. The summed E-state index contributed by atoms with van der Waals surface area (Å²) in [4.78, 5) is 0. The lowest BCUT2D eigenvalue weighted by molar-refractivity contribution is -0.0536. The summed E-state index contributed by atoms with van der Waals surface area (Å²) in [5.41, 5.74) is -0.450. The van der Waals surface area contributed by atoms with E-state index in [-0.39, 0.29) is 0 Å². The van der Waals surface area contributed by atoms with Crippen molar-refractivity contribution in [2.45, 2.75) is 43.9 Å². The molecule has 0 bridgehead atoms. The third kappa shape index (κ3) is 1.37. The van der Waals surface area contributed by atoms with Crippen molar-refractivity contribution in [3.05, 3.63) is 0 Å². The maximum Gasteiger partial charge on any atom is 0.105 e. The average molecular weight is 170 g/mol. The number of hydrogen-bond acceptors (Lipinski definition) is 3. The Morgan fingerprint density at radius 3 is 2.58 bits per heavy atom. The largest absolute Gasteiger partial charge is 0.386 e. The highest BCUT2D eigenvalue weighted by molar-refractivity contribution is 5.03. The lowest BCUT2D eigenvalue weighted by Crippen LogP contribution is -2.70. The van der Waals surface area contributed by atoms with Crippen molar-refractivity contribution < 1.29 is 5.11 Å². The Bertz CT molecular complexity index is 168. The van der Waals surface area contributed by atoms with Crippen LogP contribution in [0.2, 0.25) is 0 Å². The molecular formula is C9H18N2O. The van der Waals surface area contributed by atoms with E-state index in [0.29, 0.717) is 12.1 Å². The van der Waals surface area contributed by atoms with E-state index in [1.54, 1.807) is 0 Å². The molecule has 0 amide bonds. The van der Waals surface area contributed by atoms with E-state index in [9.17, 15) is 5.11 Å². The third-order valence-electron chi connectivity index (χ3n) is 3.13.